The van der Waals surface area contributed by atoms with E-state index in [0.29, 0.717) is 18.6 Å². The molecular weight excluding hydrogens is 356 g/mol. The molecule has 0 N–H and O–H groups in total. The Balaban J connectivity index is 1.34. The summed E-state index contributed by atoms with van der Waals surface area (Å²) >= 11 is 1.95. The number of piperidine rings is 2. The van der Waals surface area contributed by atoms with Crippen LogP contribution in [-0.4, -0.2) is 54.7 Å². The quantitative estimate of drug-likeness (QED) is 0.743. The van der Waals surface area contributed by atoms with Crippen LogP contribution >= 0.6 is 11.3 Å². The van der Waals surface area contributed by atoms with E-state index < -0.39 is 0 Å². The molecular formula is C22H30N2O2S. The maximum absolute atomic E-state index is 11.9. The van der Waals surface area contributed by atoms with Crippen molar-refractivity contribution in [2.24, 2.45) is 0 Å². The Labute approximate surface area is 166 Å². The number of thiophene rings is 1. The van der Waals surface area contributed by atoms with Gasteiger partial charge in [0.05, 0.1) is 6.61 Å². The predicted octanol–water partition coefficient (Wildman–Crippen LogP) is 5.01. The topological polar surface area (TPSA) is 32.8 Å². The lowest BCUT2D eigenvalue weighted by molar-refractivity contribution is 0.0663. The molecule has 0 spiro atoms. The first-order valence-corrected chi connectivity index (χ1v) is 11.1. The zero-order valence-corrected chi connectivity index (χ0v) is 17.3. The highest BCUT2D eigenvalue weighted by Gasteiger charge is 2.30. The molecule has 5 heteroatoms. The highest BCUT2D eigenvalue weighted by Crippen LogP contribution is 2.37. The maximum atomic E-state index is 11.9. The van der Waals surface area contributed by atoms with E-state index in [2.05, 4.69) is 36.1 Å². The fourth-order valence-corrected chi connectivity index (χ4v) is 5.85. The number of likely N-dealkylation sites (tertiary alicyclic amines) is 2. The summed E-state index contributed by atoms with van der Waals surface area (Å²) < 4.78 is 6.63. The number of rotatable bonds is 3. The molecule has 2 aliphatic heterocycles. The molecule has 1 aromatic heterocycles. The fraction of sp³-hybridized carbons (Fsp3) is 0.591. The van der Waals surface area contributed by atoms with Gasteiger partial charge in [-0.2, -0.15) is 0 Å². The van der Waals surface area contributed by atoms with Crippen LogP contribution < -0.4 is 0 Å². The number of carbonyl (C=O) groups excluding carboxylic acids is 1. The molecule has 146 valence electrons. The van der Waals surface area contributed by atoms with Gasteiger partial charge < -0.3 is 14.5 Å². The number of aryl methyl sites for hydroxylation is 1. The van der Waals surface area contributed by atoms with Gasteiger partial charge in [-0.25, -0.2) is 4.79 Å². The molecule has 27 heavy (non-hydrogen) atoms. The van der Waals surface area contributed by atoms with Gasteiger partial charge in [0.2, 0.25) is 0 Å². The third-order valence-electron chi connectivity index (χ3n) is 6.17. The van der Waals surface area contributed by atoms with Crippen molar-refractivity contribution in [1.29, 1.82) is 0 Å². The molecule has 2 saturated heterocycles. The van der Waals surface area contributed by atoms with Crippen LogP contribution in [0.5, 0.6) is 0 Å². The number of nitrogens with zero attached hydrogens (tertiary/aromatic N) is 2. The second kappa shape index (κ2) is 8.19. The van der Waals surface area contributed by atoms with Gasteiger partial charge in [-0.05, 0) is 75.6 Å². The summed E-state index contributed by atoms with van der Waals surface area (Å²) in [6.45, 7) is 8.55. The smallest absolute Gasteiger partial charge is 0.409 e. The first-order chi connectivity index (χ1) is 13.2. The van der Waals surface area contributed by atoms with E-state index in [1.807, 2.05) is 23.2 Å². The van der Waals surface area contributed by atoms with Crippen LogP contribution in [0.1, 0.15) is 49.0 Å². The standard InChI is InChI=1S/C22H30N2O2S/c1-3-26-22(25)24-13-9-19(10-14-24)23-11-7-17(8-12-23)20-6-4-5-18-15-16(2)27-21(18)20/h4-6,15,17,19H,3,7-14H2,1-2H3. The lowest BCUT2D eigenvalue weighted by atomic mass is 9.87. The molecule has 1 amide bonds. The molecule has 0 atom stereocenters. The predicted molar refractivity (Wildman–Crippen MR) is 112 cm³/mol. The Kier molecular flexibility index (Phi) is 5.69. The van der Waals surface area contributed by atoms with Gasteiger partial charge in [0.15, 0.2) is 0 Å². The van der Waals surface area contributed by atoms with Crippen molar-refractivity contribution in [3.63, 3.8) is 0 Å². The number of carbonyl (C=O) groups is 1. The van der Waals surface area contributed by atoms with E-state index in [1.165, 1.54) is 40.9 Å². The van der Waals surface area contributed by atoms with E-state index in [-0.39, 0.29) is 6.09 Å². The van der Waals surface area contributed by atoms with Gasteiger partial charge >= 0.3 is 6.09 Å². The van der Waals surface area contributed by atoms with Crippen LogP contribution in [0.3, 0.4) is 0 Å². The summed E-state index contributed by atoms with van der Waals surface area (Å²) in [7, 11) is 0. The van der Waals surface area contributed by atoms with Gasteiger partial charge in [0, 0.05) is 28.7 Å². The van der Waals surface area contributed by atoms with Crippen molar-refractivity contribution in [1.82, 2.24) is 9.80 Å². The summed E-state index contributed by atoms with van der Waals surface area (Å²) in [5.41, 5.74) is 1.56. The molecule has 1 aromatic carbocycles. The third kappa shape index (κ3) is 3.99. The summed E-state index contributed by atoms with van der Waals surface area (Å²) in [4.78, 5) is 17.8. The first-order valence-electron chi connectivity index (χ1n) is 10.3. The van der Waals surface area contributed by atoms with Crippen molar-refractivity contribution in [2.75, 3.05) is 32.8 Å². The molecule has 2 aliphatic rings. The molecule has 2 aromatic rings. The third-order valence-corrected chi connectivity index (χ3v) is 7.29. The van der Waals surface area contributed by atoms with Gasteiger partial charge in [0.25, 0.3) is 0 Å². The number of fused-ring (bicyclic) bond motifs is 1. The van der Waals surface area contributed by atoms with E-state index in [9.17, 15) is 4.79 Å². The highest BCUT2D eigenvalue weighted by molar-refractivity contribution is 7.19. The minimum Gasteiger partial charge on any atom is -0.450 e. The molecule has 4 rings (SSSR count). The molecule has 0 aliphatic carbocycles. The average molecular weight is 387 g/mol. The maximum Gasteiger partial charge on any atom is 0.409 e. The fourth-order valence-electron chi connectivity index (χ4n) is 4.74. The zero-order valence-electron chi connectivity index (χ0n) is 16.4. The molecule has 4 nitrogen and oxygen atoms in total. The van der Waals surface area contributed by atoms with Crippen molar-refractivity contribution in [2.45, 2.75) is 51.5 Å². The van der Waals surface area contributed by atoms with Gasteiger partial charge in [-0.1, -0.05) is 18.2 Å². The summed E-state index contributed by atoms with van der Waals surface area (Å²) in [6.07, 6.45) is 4.49. The van der Waals surface area contributed by atoms with Crippen molar-refractivity contribution in [3.8, 4) is 0 Å². The Morgan fingerprint density at radius 2 is 1.89 bits per heavy atom. The highest BCUT2D eigenvalue weighted by atomic mass is 32.1. The molecule has 0 unspecified atom stereocenters. The Bertz CT molecular complexity index is 787. The van der Waals surface area contributed by atoms with Crippen molar-refractivity contribution in [3.05, 3.63) is 34.7 Å². The zero-order chi connectivity index (χ0) is 18.8. The van der Waals surface area contributed by atoms with Crippen LogP contribution in [0.25, 0.3) is 10.1 Å². The van der Waals surface area contributed by atoms with Crippen LogP contribution in [-0.2, 0) is 4.74 Å². The van der Waals surface area contributed by atoms with E-state index in [0.717, 1.165) is 25.9 Å². The summed E-state index contributed by atoms with van der Waals surface area (Å²) in [5, 5.41) is 1.41. The minimum absolute atomic E-state index is 0.144. The van der Waals surface area contributed by atoms with E-state index in [1.54, 1.807) is 5.56 Å². The number of benzene rings is 1. The monoisotopic (exact) mass is 386 g/mol. The van der Waals surface area contributed by atoms with Gasteiger partial charge in [-0.3, -0.25) is 0 Å². The normalized spacial score (nSPS) is 20.3. The lowest BCUT2D eigenvalue weighted by Gasteiger charge is -2.41. The summed E-state index contributed by atoms with van der Waals surface area (Å²) in [6, 6.07) is 9.75. The Morgan fingerprint density at radius 3 is 2.59 bits per heavy atom. The molecule has 2 fully saturated rings. The second-order valence-electron chi connectivity index (χ2n) is 7.85. The van der Waals surface area contributed by atoms with Crippen LogP contribution in [0.4, 0.5) is 4.79 Å². The Morgan fingerprint density at radius 1 is 1.15 bits per heavy atom. The number of hydrogen-bond acceptors (Lipinski definition) is 4. The molecule has 0 radical (unpaired) electrons. The van der Waals surface area contributed by atoms with Crippen molar-refractivity contribution < 1.29 is 9.53 Å². The van der Waals surface area contributed by atoms with Crippen LogP contribution in [0.15, 0.2) is 24.3 Å². The first kappa shape index (κ1) is 18.8. The lowest BCUT2D eigenvalue weighted by Crippen LogP contribution is -2.48. The number of ether oxygens (including phenoxy) is 1. The average Bonchev–Trinajstić information content (AvgIpc) is 3.08. The molecule has 3 heterocycles. The molecule has 0 saturated carbocycles. The van der Waals surface area contributed by atoms with Crippen molar-refractivity contribution >= 4 is 27.5 Å². The largest absolute Gasteiger partial charge is 0.450 e. The van der Waals surface area contributed by atoms with Crippen LogP contribution in [0, 0.1) is 6.92 Å². The Hall–Kier alpha value is -1.59. The number of hydrogen-bond donors (Lipinski definition) is 0. The van der Waals surface area contributed by atoms with Gasteiger partial charge in [-0.15, -0.1) is 11.3 Å². The van der Waals surface area contributed by atoms with E-state index >= 15 is 0 Å². The molecule has 0 bridgehead atoms. The summed E-state index contributed by atoms with van der Waals surface area (Å²) in [5.74, 6) is 0.683. The number of amides is 1. The van der Waals surface area contributed by atoms with E-state index in [4.69, 9.17) is 4.74 Å². The second-order valence-corrected chi connectivity index (χ2v) is 9.11. The SMILES string of the molecule is CCOC(=O)N1CCC(N2CCC(c3cccc4cc(C)sc34)CC2)CC1. The van der Waals surface area contributed by atoms with Crippen LogP contribution in [0.2, 0.25) is 0 Å². The minimum atomic E-state index is -0.144. The van der Waals surface area contributed by atoms with Gasteiger partial charge in [0.1, 0.15) is 0 Å².